The van der Waals surface area contributed by atoms with Crippen LogP contribution in [0.2, 0.25) is 0 Å². The molecule has 0 amide bonds. The van der Waals surface area contributed by atoms with Crippen LogP contribution in [-0.4, -0.2) is 23.4 Å². The molecule has 1 atom stereocenters. The minimum atomic E-state index is -0.298. The van der Waals surface area contributed by atoms with Crippen molar-refractivity contribution in [1.82, 2.24) is 0 Å². The molecule has 0 radical (unpaired) electrons. The number of aliphatic hydroxyl groups is 1. The van der Waals surface area contributed by atoms with Gasteiger partial charge in [0.05, 0.1) is 18.3 Å². The van der Waals surface area contributed by atoms with Gasteiger partial charge in [0.2, 0.25) is 0 Å². The first-order valence-corrected chi connectivity index (χ1v) is 5.42. The van der Waals surface area contributed by atoms with Gasteiger partial charge in [0.15, 0.2) is 0 Å². The van der Waals surface area contributed by atoms with Crippen molar-refractivity contribution in [3.63, 3.8) is 0 Å². The summed E-state index contributed by atoms with van der Waals surface area (Å²) in [6.07, 6.45) is 0.452. The van der Waals surface area contributed by atoms with Crippen LogP contribution in [-0.2, 0) is 4.74 Å². The number of hydrogen-bond acceptors (Lipinski definition) is 2. The second-order valence-electron chi connectivity index (χ2n) is 6.50. The van der Waals surface area contributed by atoms with Gasteiger partial charge in [0, 0.05) is 6.42 Å². The van der Waals surface area contributed by atoms with Gasteiger partial charge >= 0.3 is 0 Å². The van der Waals surface area contributed by atoms with E-state index < -0.39 is 0 Å². The summed E-state index contributed by atoms with van der Waals surface area (Å²) in [5.41, 5.74) is -0.0924. The second-order valence-corrected chi connectivity index (χ2v) is 6.50. The van der Waals surface area contributed by atoms with Crippen LogP contribution in [0.3, 0.4) is 0 Å². The molecule has 1 aliphatic rings. The Morgan fingerprint density at radius 3 is 1.64 bits per heavy atom. The lowest BCUT2D eigenvalue weighted by Gasteiger charge is -2.50. The molecule has 0 saturated carbocycles. The van der Waals surface area contributed by atoms with E-state index in [9.17, 15) is 5.11 Å². The third kappa shape index (κ3) is 1.70. The number of ether oxygens (including phenoxy) is 1. The van der Waals surface area contributed by atoms with E-state index >= 15 is 0 Å². The van der Waals surface area contributed by atoms with Crippen LogP contribution in [0, 0.1) is 10.8 Å². The molecule has 0 aromatic heterocycles. The highest BCUT2D eigenvalue weighted by atomic mass is 16.5. The molecule has 1 aliphatic heterocycles. The first-order valence-electron chi connectivity index (χ1n) is 5.42. The Bertz CT molecular complexity index is 193. The van der Waals surface area contributed by atoms with Crippen LogP contribution in [0.1, 0.15) is 48.0 Å². The minimum Gasteiger partial charge on any atom is -0.391 e. The molecule has 0 aromatic carbocycles. The van der Waals surface area contributed by atoms with Gasteiger partial charge in [0.25, 0.3) is 0 Å². The van der Waals surface area contributed by atoms with Crippen LogP contribution in [0.5, 0.6) is 0 Å². The fourth-order valence-electron chi connectivity index (χ4n) is 2.86. The summed E-state index contributed by atoms with van der Waals surface area (Å²) >= 11 is 0. The van der Waals surface area contributed by atoms with E-state index in [0.29, 0.717) is 6.61 Å². The van der Waals surface area contributed by atoms with Crippen molar-refractivity contribution in [2.24, 2.45) is 10.8 Å². The molecule has 1 N–H and O–H groups in total. The molecule has 84 valence electrons. The molecule has 1 unspecified atom stereocenters. The highest BCUT2D eigenvalue weighted by Gasteiger charge is 2.55. The van der Waals surface area contributed by atoms with Crippen molar-refractivity contribution in [2.75, 3.05) is 6.61 Å². The molecular formula is C12H24O2. The molecule has 0 bridgehead atoms. The normalized spacial score (nSPS) is 28.1. The molecule has 0 spiro atoms. The molecule has 0 aromatic rings. The smallest absolute Gasteiger partial charge is 0.0805 e. The maximum Gasteiger partial charge on any atom is 0.0805 e. The van der Waals surface area contributed by atoms with E-state index in [-0.39, 0.29) is 22.5 Å². The van der Waals surface area contributed by atoms with Crippen molar-refractivity contribution in [3.05, 3.63) is 0 Å². The standard InChI is InChI=1S/C12H24O2/c1-10(2,3)12(11(4,5)6)7-9(13)8-14-12/h9,13H,7-8H2,1-6H3. The summed E-state index contributed by atoms with van der Waals surface area (Å²) in [6.45, 7) is 13.6. The zero-order valence-corrected chi connectivity index (χ0v) is 10.3. The molecule has 0 aliphatic carbocycles. The van der Waals surface area contributed by atoms with E-state index in [1.165, 1.54) is 0 Å². The van der Waals surface area contributed by atoms with Crippen molar-refractivity contribution in [3.8, 4) is 0 Å². The van der Waals surface area contributed by atoms with Crippen molar-refractivity contribution in [1.29, 1.82) is 0 Å². The van der Waals surface area contributed by atoms with Crippen LogP contribution in [0.15, 0.2) is 0 Å². The minimum absolute atomic E-state index is 0.0583. The topological polar surface area (TPSA) is 29.5 Å². The maximum atomic E-state index is 9.67. The predicted octanol–water partition coefficient (Wildman–Crippen LogP) is 2.60. The van der Waals surface area contributed by atoms with Gasteiger partial charge in [-0.05, 0) is 10.8 Å². The van der Waals surface area contributed by atoms with Gasteiger partial charge in [-0.25, -0.2) is 0 Å². The van der Waals surface area contributed by atoms with Crippen LogP contribution in [0.25, 0.3) is 0 Å². The van der Waals surface area contributed by atoms with Crippen LogP contribution >= 0.6 is 0 Å². The largest absolute Gasteiger partial charge is 0.391 e. The third-order valence-corrected chi connectivity index (χ3v) is 3.47. The number of aliphatic hydroxyl groups excluding tert-OH is 1. The van der Waals surface area contributed by atoms with Gasteiger partial charge in [-0.2, -0.15) is 0 Å². The summed E-state index contributed by atoms with van der Waals surface area (Å²) in [5.74, 6) is 0. The summed E-state index contributed by atoms with van der Waals surface area (Å²) in [7, 11) is 0. The lowest BCUT2D eigenvalue weighted by atomic mass is 9.61. The van der Waals surface area contributed by atoms with Crippen molar-refractivity contribution >= 4 is 0 Å². The Morgan fingerprint density at radius 1 is 1.07 bits per heavy atom. The summed E-state index contributed by atoms with van der Waals surface area (Å²) in [5, 5.41) is 9.67. The van der Waals surface area contributed by atoms with Crippen LogP contribution < -0.4 is 0 Å². The quantitative estimate of drug-likeness (QED) is 0.651. The van der Waals surface area contributed by atoms with E-state index in [2.05, 4.69) is 41.5 Å². The highest BCUT2D eigenvalue weighted by molar-refractivity contribution is 5.05. The SMILES string of the molecule is CC(C)(C)C1(C(C)(C)C)CC(O)CO1. The fourth-order valence-corrected chi connectivity index (χ4v) is 2.86. The summed E-state index contributed by atoms with van der Waals surface area (Å²) in [6, 6.07) is 0. The average Bonchev–Trinajstić information content (AvgIpc) is 2.28. The summed E-state index contributed by atoms with van der Waals surface area (Å²) in [4.78, 5) is 0. The lowest BCUT2D eigenvalue weighted by Crippen LogP contribution is -2.52. The molecule has 2 heteroatoms. The molecule has 14 heavy (non-hydrogen) atoms. The first-order chi connectivity index (χ1) is 6.10. The van der Waals surface area contributed by atoms with E-state index in [1.807, 2.05) is 0 Å². The molecular weight excluding hydrogens is 176 g/mol. The Morgan fingerprint density at radius 2 is 1.50 bits per heavy atom. The van der Waals surface area contributed by atoms with E-state index in [1.54, 1.807) is 0 Å². The van der Waals surface area contributed by atoms with Gasteiger partial charge in [-0.3, -0.25) is 0 Å². The Hall–Kier alpha value is -0.0800. The Kier molecular flexibility index (Phi) is 2.75. The number of rotatable bonds is 0. The Balaban J connectivity index is 3.05. The highest BCUT2D eigenvalue weighted by Crippen LogP contribution is 2.52. The third-order valence-electron chi connectivity index (χ3n) is 3.47. The van der Waals surface area contributed by atoms with Crippen molar-refractivity contribution < 1.29 is 9.84 Å². The predicted molar refractivity (Wildman–Crippen MR) is 58.2 cm³/mol. The van der Waals surface area contributed by atoms with E-state index in [0.717, 1.165) is 6.42 Å². The average molecular weight is 200 g/mol. The van der Waals surface area contributed by atoms with Crippen molar-refractivity contribution in [2.45, 2.75) is 59.7 Å². The fraction of sp³-hybridized carbons (Fsp3) is 1.00. The van der Waals surface area contributed by atoms with Gasteiger partial charge in [-0.1, -0.05) is 41.5 Å². The first kappa shape index (κ1) is 12.0. The monoisotopic (exact) mass is 200 g/mol. The molecule has 1 fully saturated rings. The van der Waals surface area contributed by atoms with Gasteiger partial charge in [0.1, 0.15) is 0 Å². The van der Waals surface area contributed by atoms with Gasteiger partial charge < -0.3 is 9.84 Å². The molecule has 2 nitrogen and oxygen atoms in total. The molecule has 1 saturated heterocycles. The maximum absolute atomic E-state index is 9.67. The summed E-state index contributed by atoms with van der Waals surface area (Å²) < 4.78 is 5.93. The molecule has 1 rings (SSSR count). The van der Waals surface area contributed by atoms with Crippen LogP contribution in [0.4, 0.5) is 0 Å². The number of hydrogen-bond donors (Lipinski definition) is 1. The lowest BCUT2D eigenvalue weighted by molar-refractivity contribution is -0.148. The molecule has 1 heterocycles. The van der Waals surface area contributed by atoms with E-state index in [4.69, 9.17) is 4.74 Å². The zero-order valence-electron chi connectivity index (χ0n) is 10.3. The zero-order chi connectivity index (χ0) is 11.2. The Labute approximate surface area is 87.7 Å². The van der Waals surface area contributed by atoms with Gasteiger partial charge in [-0.15, -0.1) is 0 Å². The second kappa shape index (κ2) is 3.21.